The second-order valence-corrected chi connectivity index (χ2v) is 5.71. The number of hydrogen-bond acceptors (Lipinski definition) is 2. The first-order valence-corrected chi connectivity index (χ1v) is 7.89. The van der Waals surface area contributed by atoms with Crippen molar-refractivity contribution in [3.8, 4) is 0 Å². The van der Waals surface area contributed by atoms with Gasteiger partial charge in [-0.3, -0.25) is 4.79 Å². The SMILES string of the molecule is CCCCCCCCNC(=O)NC(CC(=O)O)C1CC1. The van der Waals surface area contributed by atoms with Gasteiger partial charge < -0.3 is 15.7 Å². The van der Waals surface area contributed by atoms with E-state index in [-0.39, 0.29) is 18.5 Å². The molecule has 0 spiro atoms. The molecule has 1 aliphatic rings. The van der Waals surface area contributed by atoms with Gasteiger partial charge in [0.05, 0.1) is 6.42 Å². The van der Waals surface area contributed by atoms with Crippen LogP contribution >= 0.6 is 0 Å². The molecule has 5 nitrogen and oxygen atoms in total. The normalized spacial score (nSPS) is 15.7. The van der Waals surface area contributed by atoms with Crippen molar-refractivity contribution >= 4 is 12.0 Å². The minimum atomic E-state index is -0.849. The molecule has 1 rings (SSSR count). The van der Waals surface area contributed by atoms with Gasteiger partial charge in [-0.2, -0.15) is 0 Å². The minimum absolute atomic E-state index is 0.0229. The summed E-state index contributed by atoms with van der Waals surface area (Å²) in [7, 11) is 0. The molecule has 0 aliphatic heterocycles. The van der Waals surface area contributed by atoms with Crippen molar-refractivity contribution in [2.45, 2.75) is 70.8 Å². The lowest BCUT2D eigenvalue weighted by Gasteiger charge is -2.16. The largest absolute Gasteiger partial charge is 0.481 e. The summed E-state index contributed by atoms with van der Waals surface area (Å²) in [4.78, 5) is 22.4. The molecule has 0 saturated heterocycles. The highest BCUT2D eigenvalue weighted by Gasteiger charge is 2.33. The van der Waals surface area contributed by atoms with Crippen molar-refractivity contribution in [3.63, 3.8) is 0 Å². The molecule has 0 bridgehead atoms. The predicted molar refractivity (Wildman–Crippen MR) is 78.7 cm³/mol. The lowest BCUT2D eigenvalue weighted by atomic mass is 10.1. The Bertz CT molecular complexity index is 303. The van der Waals surface area contributed by atoms with E-state index in [2.05, 4.69) is 17.6 Å². The van der Waals surface area contributed by atoms with Gasteiger partial charge in [0, 0.05) is 12.6 Å². The number of nitrogens with one attached hydrogen (secondary N) is 2. The van der Waals surface area contributed by atoms with E-state index in [4.69, 9.17) is 5.11 Å². The molecule has 3 N–H and O–H groups in total. The van der Waals surface area contributed by atoms with Gasteiger partial charge in [0.15, 0.2) is 0 Å². The molecular weight excluding hydrogens is 256 g/mol. The summed E-state index contributed by atoms with van der Waals surface area (Å²) in [6.07, 6.45) is 9.22. The Morgan fingerprint density at radius 1 is 1.15 bits per heavy atom. The maximum Gasteiger partial charge on any atom is 0.315 e. The average molecular weight is 284 g/mol. The second-order valence-electron chi connectivity index (χ2n) is 5.71. The monoisotopic (exact) mass is 284 g/mol. The van der Waals surface area contributed by atoms with Crippen LogP contribution in [0.4, 0.5) is 4.79 Å². The van der Waals surface area contributed by atoms with Gasteiger partial charge in [0.25, 0.3) is 0 Å². The van der Waals surface area contributed by atoms with E-state index in [1.54, 1.807) is 0 Å². The van der Waals surface area contributed by atoms with Crippen molar-refractivity contribution in [3.05, 3.63) is 0 Å². The van der Waals surface area contributed by atoms with Crippen LogP contribution in [-0.2, 0) is 4.79 Å². The van der Waals surface area contributed by atoms with E-state index in [0.717, 1.165) is 25.7 Å². The van der Waals surface area contributed by atoms with Crippen LogP contribution in [0.25, 0.3) is 0 Å². The van der Waals surface area contributed by atoms with Gasteiger partial charge in [-0.15, -0.1) is 0 Å². The summed E-state index contributed by atoms with van der Waals surface area (Å²) in [5.74, 6) is -0.496. The molecule has 0 aromatic heterocycles. The summed E-state index contributed by atoms with van der Waals surface area (Å²) >= 11 is 0. The van der Waals surface area contributed by atoms with Crippen LogP contribution in [0.3, 0.4) is 0 Å². The topological polar surface area (TPSA) is 78.4 Å². The zero-order valence-electron chi connectivity index (χ0n) is 12.5. The molecule has 1 aliphatic carbocycles. The fourth-order valence-electron chi connectivity index (χ4n) is 2.35. The first-order valence-electron chi connectivity index (χ1n) is 7.89. The third-order valence-corrected chi connectivity index (χ3v) is 3.72. The lowest BCUT2D eigenvalue weighted by Crippen LogP contribution is -2.44. The maximum absolute atomic E-state index is 11.7. The first-order chi connectivity index (χ1) is 9.63. The van der Waals surface area contributed by atoms with Crippen LogP contribution in [0.15, 0.2) is 0 Å². The number of rotatable bonds is 11. The quantitative estimate of drug-likeness (QED) is 0.510. The first kappa shape index (κ1) is 16.8. The van der Waals surface area contributed by atoms with Gasteiger partial charge in [0.2, 0.25) is 0 Å². The minimum Gasteiger partial charge on any atom is -0.481 e. The number of amides is 2. The van der Waals surface area contributed by atoms with E-state index in [9.17, 15) is 9.59 Å². The Morgan fingerprint density at radius 3 is 2.40 bits per heavy atom. The molecule has 1 fully saturated rings. The number of aliphatic carboxylic acids is 1. The summed E-state index contributed by atoms with van der Waals surface area (Å²) in [6, 6.07) is -0.436. The van der Waals surface area contributed by atoms with Crippen LogP contribution in [0.2, 0.25) is 0 Å². The van der Waals surface area contributed by atoms with Gasteiger partial charge in [-0.1, -0.05) is 39.0 Å². The molecule has 1 atom stereocenters. The third-order valence-electron chi connectivity index (χ3n) is 3.72. The lowest BCUT2D eigenvalue weighted by molar-refractivity contribution is -0.137. The Balaban J connectivity index is 2.05. The summed E-state index contributed by atoms with van der Waals surface area (Å²) in [5.41, 5.74) is 0. The van der Waals surface area contributed by atoms with Crippen molar-refractivity contribution in [2.75, 3.05) is 6.54 Å². The van der Waals surface area contributed by atoms with Gasteiger partial charge in [0.1, 0.15) is 0 Å². The van der Waals surface area contributed by atoms with Crippen molar-refractivity contribution in [1.29, 1.82) is 0 Å². The van der Waals surface area contributed by atoms with Crippen LogP contribution in [-0.4, -0.2) is 29.7 Å². The van der Waals surface area contributed by atoms with E-state index in [1.807, 2.05) is 0 Å². The number of carboxylic acids is 1. The van der Waals surface area contributed by atoms with Crippen LogP contribution in [0.5, 0.6) is 0 Å². The van der Waals surface area contributed by atoms with E-state index in [1.165, 1.54) is 25.7 Å². The number of carbonyl (C=O) groups is 2. The number of carbonyl (C=O) groups excluding carboxylic acids is 1. The fraction of sp³-hybridized carbons (Fsp3) is 0.867. The van der Waals surface area contributed by atoms with Gasteiger partial charge in [-0.05, 0) is 25.2 Å². The van der Waals surface area contributed by atoms with Crippen LogP contribution in [0, 0.1) is 5.92 Å². The molecule has 5 heteroatoms. The molecule has 0 aromatic rings. The Kier molecular flexibility index (Phi) is 8.07. The van der Waals surface area contributed by atoms with Gasteiger partial charge >= 0.3 is 12.0 Å². The van der Waals surface area contributed by atoms with Crippen LogP contribution in [0.1, 0.15) is 64.7 Å². The molecule has 116 valence electrons. The summed E-state index contributed by atoms with van der Waals surface area (Å²) in [6.45, 7) is 2.86. The van der Waals surface area contributed by atoms with E-state index in [0.29, 0.717) is 12.5 Å². The Hall–Kier alpha value is -1.26. The highest BCUT2D eigenvalue weighted by Crippen LogP contribution is 2.33. The zero-order chi connectivity index (χ0) is 14.8. The molecule has 1 unspecified atom stereocenters. The molecular formula is C15H28N2O3. The zero-order valence-corrected chi connectivity index (χ0v) is 12.5. The molecule has 0 aromatic carbocycles. The van der Waals surface area contributed by atoms with Crippen molar-refractivity contribution in [1.82, 2.24) is 10.6 Å². The summed E-state index contributed by atoms with van der Waals surface area (Å²) < 4.78 is 0. The molecule has 20 heavy (non-hydrogen) atoms. The summed E-state index contributed by atoms with van der Waals surface area (Å²) in [5, 5.41) is 14.4. The predicted octanol–water partition coefficient (Wildman–Crippen LogP) is 2.90. The van der Waals surface area contributed by atoms with E-state index >= 15 is 0 Å². The molecule has 1 saturated carbocycles. The molecule has 0 radical (unpaired) electrons. The highest BCUT2D eigenvalue weighted by atomic mass is 16.4. The molecule has 0 heterocycles. The fourth-order valence-corrected chi connectivity index (χ4v) is 2.35. The maximum atomic E-state index is 11.7. The van der Waals surface area contributed by atoms with Crippen LogP contribution < -0.4 is 10.6 Å². The highest BCUT2D eigenvalue weighted by molar-refractivity contribution is 5.75. The smallest absolute Gasteiger partial charge is 0.315 e. The third kappa shape index (κ3) is 8.02. The van der Waals surface area contributed by atoms with Crippen molar-refractivity contribution in [2.24, 2.45) is 5.92 Å². The Morgan fingerprint density at radius 2 is 1.80 bits per heavy atom. The Labute approximate surface area is 121 Å². The second kappa shape index (κ2) is 9.61. The number of urea groups is 1. The van der Waals surface area contributed by atoms with Gasteiger partial charge in [-0.25, -0.2) is 4.79 Å². The number of unbranched alkanes of at least 4 members (excludes halogenated alkanes) is 5. The average Bonchev–Trinajstić information content (AvgIpc) is 3.20. The van der Waals surface area contributed by atoms with Crippen molar-refractivity contribution < 1.29 is 14.7 Å². The number of hydrogen-bond donors (Lipinski definition) is 3. The standard InChI is InChI=1S/C15H28N2O3/c1-2-3-4-5-6-7-10-16-15(20)17-13(11-14(18)19)12-8-9-12/h12-13H,2-11H2,1H3,(H,18,19)(H2,16,17,20). The molecule has 2 amide bonds. The number of carboxylic acid groups (broad SMARTS) is 1. The van der Waals surface area contributed by atoms with E-state index < -0.39 is 5.97 Å².